The van der Waals surface area contributed by atoms with Gasteiger partial charge in [0.1, 0.15) is 17.2 Å². The summed E-state index contributed by atoms with van der Waals surface area (Å²) in [5, 5.41) is 3.82. The molecule has 0 spiro atoms. The fourth-order valence-electron chi connectivity index (χ4n) is 4.21. The Hall–Kier alpha value is -3.68. The molecule has 3 aromatic rings. The van der Waals surface area contributed by atoms with Gasteiger partial charge in [0.05, 0.1) is 14.2 Å². The van der Waals surface area contributed by atoms with Gasteiger partial charge >= 0.3 is 0 Å². The summed E-state index contributed by atoms with van der Waals surface area (Å²) >= 11 is 0. The number of nitrogens with zero attached hydrogens (tertiary/aromatic N) is 3. The number of anilines is 1. The van der Waals surface area contributed by atoms with E-state index in [1.54, 1.807) is 14.2 Å². The van der Waals surface area contributed by atoms with Crippen molar-refractivity contribution in [2.45, 2.75) is 6.42 Å². The number of aromatic nitrogens is 1. The van der Waals surface area contributed by atoms with Gasteiger partial charge < -0.3 is 29.2 Å². The van der Waals surface area contributed by atoms with E-state index in [2.05, 4.69) is 10.2 Å². The van der Waals surface area contributed by atoms with E-state index in [-0.39, 0.29) is 18.2 Å². The van der Waals surface area contributed by atoms with Crippen LogP contribution in [0.15, 0.2) is 48.5 Å². The lowest BCUT2D eigenvalue weighted by atomic mass is 10.2. The zero-order valence-electron chi connectivity index (χ0n) is 19.3. The lowest BCUT2D eigenvalue weighted by Gasteiger charge is -2.36. The molecule has 174 valence electrons. The topological polar surface area (TPSA) is 76.0 Å². The molecule has 2 amide bonds. The van der Waals surface area contributed by atoms with E-state index < -0.39 is 0 Å². The molecule has 4 rings (SSSR count). The number of hydrogen-bond donors (Lipinski definition) is 1. The summed E-state index contributed by atoms with van der Waals surface area (Å²) < 4.78 is 12.3. The summed E-state index contributed by atoms with van der Waals surface area (Å²) in [7, 11) is 5.13. The number of carbonyl (C=O) groups is 2. The summed E-state index contributed by atoms with van der Waals surface area (Å²) in [6.07, 6.45) is 0.284. The zero-order valence-corrected chi connectivity index (χ0v) is 19.3. The predicted molar refractivity (Wildman–Crippen MR) is 128 cm³/mol. The number of nitrogens with one attached hydrogen (secondary N) is 1. The van der Waals surface area contributed by atoms with Crippen molar-refractivity contribution in [3.05, 3.63) is 54.2 Å². The second-order valence-electron chi connectivity index (χ2n) is 8.09. The zero-order chi connectivity index (χ0) is 23.4. The lowest BCUT2D eigenvalue weighted by Crippen LogP contribution is -2.49. The van der Waals surface area contributed by atoms with Crippen molar-refractivity contribution in [2.24, 2.45) is 7.05 Å². The molecule has 8 heteroatoms. The van der Waals surface area contributed by atoms with Gasteiger partial charge in [0.2, 0.25) is 5.91 Å². The number of rotatable bonds is 7. The summed E-state index contributed by atoms with van der Waals surface area (Å²) in [5.41, 5.74) is 2.63. The van der Waals surface area contributed by atoms with Gasteiger partial charge in [-0.25, -0.2) is 0 Å². The van der Waals surface area contributed by atoms with Crippen LogP contribution in [-0.2, 0) is 11.8 Å². The Morgan fingerprint density at radius 3 is 2.24 bits per heavy atom. The summed E-state index contributed by atoms with van der Waals surface area (Å²) in [4.78, 5) is 29.5. The van der Waals surface area contributed by atoms with Gasteiger partial charge in [-0.05, 0) is 48.5 Å². The first-order valence-corrected chi connectivity index (χ1v) is 11.1. The van der Waals surface area contributed by atoms with Crippen molar-refractivity contribution in [1.82, 2.24) is 14.8 Å². The minimum atomic E-state index is -0.190. The SMILES string of the molecule is COc1ccc(N2CCN(C(=O)CCNC(=O)c3cc4cc(OC)ccc4n3C)CC2)cc1. The molecule has 8 nitrogen and oxygen atoms in total. The first-order valence-electron chi connectivity index (χ1n) is 11.1. The summed E-state index contributed by atoms with van der Waals surface area (Å²) in [6, 6.07) is 15.5. The number of hydrogen-bond acceptors (Lipinski definition) is 5. The maximum Gasteiger partial charge on any atom is 0.267 e. The maximum atomic E-state index is 12.7. The number of aryl methyl sites for hydroxylation is 1. The summed E-state index contributed by atoms with van der Waals surface area (Å²) in [5.74, 6) is 1.45. The molecular formula is C25H30N4O4. The van der Waals surface area contributed by atoms with Crippen molar-refractivity contribution < 1.29 is 19.1 Å². The average molecular weight is 451 g/mol. The Bertz CT molecular complexity index is 1130. The van der Waals surface area contributed by atoms with E-state index in [9.17, 15) is 9.59 Å². The van der Waals surface area contributed by atoms with E-state index in [4.69, 9.17) is 9.47 Å². The van der Waals surface area contributed by atoms with Crippen molar-refractivity contribution in [3.8, 4) is 11.5 Å². The highest BCUT2D eigenvalue weighted by Crippen LogP contribution is 2.24. The van der Waals surface area contributed by atoms with E-state index >= 15 is 0 Å². The third-order valence-corrected chi connectivity index (χ3v) is 6.18. The Labute approximate surface area is 193 Å². The van der Waals surface area contributed by atoms with Gasteiger partial charge in [0, 0.05) is 62.8 Å². The molecule has 1 N–H and O–H groups in total. The van der Waals surface area contributed by atoms with Gasteiger partial charge in [-0.15, -0.1) is 0 Å². The highest BCUT2D eigenvalue weighted by molar-refractivity contribution is 5.99. The molecule has 2 heterocycles. The fourth-order valence-corrected chi connectivity index (χ4v) is 4.21. The molecule has 0 unspecified atom stereocenters. The molecule has 0 radical (unpaired) electrons. The van der Waals surface area contributed by atoms with E-state index in [0.717, 1.165) is 41.2 Å². The first kappa shape index (κ1) is 22.5. The van der Waals surface area contributed by atoms with Gasteiger partial charge in [-0.2, -0.15) is 0 Å². The maximum absolute atomic E-state index is 12.7. The van der Waals surface area contributed by atoms with Crippen LogP contribution in [0.2, 0.25) is 0 Å². The molecule has 1 aliphatic heterocycles. The average Bonchev–Trinajstić information content (AvgIpc) is 3.19. The first-order chi connectivity index (χ1) is 16.0. The van der Waals surface area contributed by atoms with Crippen molar-refractivity contribution in [3.63, 3.8) is 0 Å². The van der Waals surface area contributed by atoms with Gasteiger partial charge in [-0.3, -0.25) is 9.59 Å². The van der Waals surface area contributed by atoms with Crippen molar-refractivity contribution in [2.75, 3.05) is 51.8 Å². The van der Waals surface area contributed by atoms with E-state index in [1.165, 1.54) is 0 Å². The minimum Gasteiger partial charge on any atom is -0.497 e. The Morgan fingerprint density at radius 1 is 0.909 bits per heavy atom. The van der Waals surface area contributed by atoms with E-state index in [0.29, 0.717) is 25.3 Å². The number of ether oxygens (including phenoxy) is 2. The molecule has 0 aliphatic carbocycles. The Balaban J connectivity index is 1.26. The molecule has 33 heavy (non-hydrogen) atoms. The molecular weight excluding hydrogens is 420 g/mol. The summed E-state index contributed by atoms with van der Waals surface area (Å²) in [6.45, 7) is 3.21. The Morgan fingerprint density at radius 2 is 1.58 bits per heavy atom. The largest absolute Gasteiger partial charge is 0.497 e. The van der Waals surface area contributed by atoms with E-state index in [1.807, 2.05) is 65.0 Å². The van der Waals surface area contributed by atoms with Crippen LogP contribution in [0.1, 0.15) is 16.9 Å². The number of carbonyl (C=O) groups excluding carboxylic acids is 2. The highest BCUT2D eigenvalue weighted by atomic mass is 16.5. The predicted octanol–water partition coefficient (Wildman–Crippen LogP) is 2.66. The highest BCUT2D eigenvalue weighted by Gasteiger charge is 2.21. The third kappa shape index (κ3) is 4.89. The van der Waals surface area contributed by atoms with Crippen LogP contribution in [0.25, 0.3) is 10.9 Å². The standard InChI is InChI=1S/C25H30N4O4/c1-27-22-9-8-21(33-3)16-18(22)17-23(27)25(31)26-11-10-24(30)29-14-12-28(13-15-29)19-4-6-20(32-2)7-5-19/h4-9,16-17H,10-15H2,1-3H3,(H,26,31). The van der Waals surface area contributed by atoms with Gasteiger partial charge in [-0.1, -0.05) is 0 Å². The minimum absolute atomic E-state index is 0.0615. The molecule has 1 fully saturated rings. The molecule has 0 atom stereocenters. The van der Waals surface area contributed by atoms with Crippen LogP contribution in [-0.4, -0.2) is 68.2 Å². The van der Waals surface area contributed by atoms with Crippen molar-refractivity contribution in [1.29, 1.82) is 0 Å². The molecule has 0 saturated carbocycles. The third-order valence-electron chi connectivity index (χ3n) is 6.18. The van der Waals surface area contributed by atoms with Crippen LogP contribution in [0.5, 0.6) is 11.5 Å². The number of methoxy groups -OCH3 is 2. The number of amides is 2. The number of benzene rings is 2. The quantitative estimate of drug-likeness (QED) is 0.599. The van der Waals surface area contributed by atoms with Crippen molar-refractivity contribution >= 4 is 28.4 Å². The normalized spacial score (nSPS) is 13.8. The molecule has 1 aliphatic rings. The Kier molecular flexibility index (Phi) is 6.72. The van der Waals surface area contributed by atoms with Crippen LogP contribution in [0, 0.1) is 0 Å². The second-order valence-corrected chi connectivity index (χ2v) is 8.09. The molecule has 0 bridgehead atoms. The fraction of sp³-hybridized carbons (Fsp3) is 0.360. The molecule has 1 saturated heterocycles. The van der Waals surface area contributed by atoms with Crippen LogP contribution in [0.3, 0.4) is 0 Å². The monoisotopic (exact) mass is 450 g/mol. The number of fused-ring (bicyclic) bond motifs is 1. The lowest BCUT2D eigenvalue weighted by molar-refractivity contribution is -0.131. The van der Waals surface area contributed by atoms with Crippen LogP contribution < -0.4 is 19.7 Å². The van der Waals surface area contributed by atoms with Gasteiger partial charge in [0.25, 0.3) is 5.91 Å². The smallest absolute Gasteiger partial charge is 0.267 e. The van der Waals surface area contributed by atoms with Crippen LogP contribution >= 0.6 is 0 Å². The van der Waals surface area contributed by atoms with Crippen LogP contribution in [0.4, 0.5) is 5.69 Å². The molecule has 2 aromatic carbocycles. The number of piperazine rings is 1. The van der Waals surface area contributed by atoms with Gasteiger partial charge in [0.15, 0.2) is 0 Å². The molecule has 1 aromatic heterocycles. The second kappa shape index (κ2) is 9.85.